The van der Waals surface area contributed by atoms with Crippen LogP contribution in [0.5, 0.6) is 0 Å². The fraction of sp³-hybridized carbons (Fsp3) is 0.353. The normalized spacial score (nSPS) is 16.9. The second kappa shape index (κ2) is 7.51. The molecular weight excluding hydrogens is 346 g/mol. The summed E-state index contributed by atoms with van der Waals surface area (Å²) in [5, 5.41) is 3.81. The molecule has 0 atom stereocenters. The van der Waals surface area contributed by atoms with Crippen LogP contribution in [0.25, 0.3) is 0 Å². The lowest BCUT2D eigenvalue weighted by atomic mass is 9.98. The minimum absolute atomic E-state index is 0.369. The first-order valence-corrected chi connectivity index (χ1v) is 9.78. The zero-order chi connectivity index (χ0) is 17.0. The van der Waals surface area contributed by atoms with Crippen molar-refractivity contribution < 1.29 is 8.42 Å². The van der Waals surface area contributed by atoms with Crippen molar-refractivity contribution in [3.8, 4) is 0 Å². The van der Waals surface area contributed by atoms with E-state index in [9.17, 15) is 8.42 Å². The summed E-state index contributed by atoms with van der Waals surface area (Å²) in [5.74, 6) is 0.444. The molecule has 0 aliphatic carbocycles. The summed E-state index contributed by atoms with van der Waals surface area (Å²) in [5.41, 5.74) is 0.939. The van der Waals surface area contributed by atoms with Crippen molar-refractivity contribution >= 4 is 27.3 Å². The minimum atomic E-state index is -3.37. The van der Waals surface area contributed by atoms with Gasteiger partial charge in [-0.3, -0.25) is 0 Å². The van der Waals surface area contributed by atoms with Gasteiger partial charge in [0.05, 0.1) is 4.90 Å². The van der Waals surface area contributed by atoms with Crippen molar-refractivity contribution in [1.82, 2.24) is 9.29 Å². The lowest BCUT2D eigenvalue weighted by Crippen LogP contribution is -2.39. The monoisotopic (exact) mass is 365 g/mol. The number of aromatic nitrogens is 1. The molecule has 1 aromatic heterocycles. The number of piperidine rings is 1. The largest absolute Gasteiger partial charge is 0.385 e. The molecule has 2 heterocycles. The number of sulfonamides is 1. The van der Waals surface area contributed by atoms with Gasteiger partial charge < -0.3 is 5.32 Å². The third-order valence-corrected chi connectivity index (χ3v) is 6.40. The van der Waals surface area contributed by atoms with Crippen LogP contribution in [0.3, 0.4) is 0 Å². The number of nitrogens with zero attached hydrogens (tertiary/aromatic N) is 2. The Morgan fingerprint density at radius 2 is 1.88 bits per heavy atom. The van der Waals surface area contributed by atoms with Gasteiger partial charge in [0.25, 0.3) is 0 Å². The maximum Gasteiger partial charge on any atom is 0.243 e. The lowest BCUT2D eigenvalue weighted by molar-refractivity contribution is 0.282. The van der Waals surface area contributed by atoms with Gasteiger partial charge in [0.15, 0.2) is 0 Å². The number of rotatable bonds is 5. The molecular formula is C17H20ClN3O2S. The highest BCUT2D eigenvalue weighted by atomic mass is 35.5. The SMILES string of the molecule is O=S(=O)(c1ccccc1)N1CCC(CNc2ccnc(Cl)c2)CC1. The Bertz CT molecular complexity index is 775. The Morgan fingerprint density at radius 3 is 2.54 bits per heavy atom. The standard InChI is InChI=1S/C17H20ClN3O2S/c18-17-12-15(6-9-19-17)20-13-14-7-10-21(11-8-14)24(22,23)16-4-2-1-3-5-16/h1-6,9,12,14H,7-8,10-11,13H2,(H,19,20). The number of hydrogen-bond acceptors (Lipinski definition) is 4. The molecule has 0 unspecified atom stereocenters. The first-order valence-electron chi connectivity index (χ1n) is 7.96. The summed E-state index contributed by atoms with van der Waals surface area (Å²) < 4.78 is 26.8. The molecule has 0 saturated carbocycles. The molecule has 5 nitrogen and oxygen atoms in total. The van der Waals surface area contributed by atoms with Crippen LogP contribution in [0.1, 0.15) is 12.8 Å². The van der Waals surface area contributed by atoms with Crippen LogP contribution < -0.4 is 5.32 Å². The molecule has 1 aliphatic heterocycles. The number of benzene rings is 1. The van der Waals surface area contributed by atoms with Gasteiger partial charge in [-0.1, -0.05) is 29.8 Å². The predicted molar refractivity (Wildman–Crippen MR) is 95.7 cm³/mol. The van der Waals surface area contributed by atoms with Gasteiger partial charge >= 0.3 is 0 Å². The number of halogens is 1. The Labute approximate surface area is 147 Å². The number of pyridine rings is 1. The average molecular weight is 366 g/mol. The molecule has 128 valence electrons. The summed E-state index contributed by atoms with van der Waals surface area (Å²) in [6, 6.07) is 12.3. The van der Waals surface area contributed by atoms with Crippen LogP contribution >= 0.6 is 11.6 Å². The second-order valence-electron chi connectivity index (χ2n) is 5.91. The molecule has 7 heteroatoms. The van der Waals surface area contributed by atoms with Crippen molar-refractivity contribution in [2.45, 2.75) is 17.7 Å². The molecule has 0 bridgehead atoms. The van der Waals surface area contributed by atoms with Gasteiger partial charge in [-0.05, 0) is 43.0 Å². The summed E-state index contributed by atoms with van der Waals surface area (Å²) in [6.45, 7) is 1.92. The zero-order valence-electron chi connectivity index (χ0n) is 13.2. The maximum absolute atomic E-state index is 12.6. The molecule has 24 heavy (non-hydrogen) atoms. The highest BCUT2D eigenvalue weighted by Gasteiger charge is 2.29. The highest BCUT2D eigenvalue weighted by molar-refractivity contribution is 7.89. The van der Waals surface area contributed by atoms with Crippen LogP contribution in [-0.4, -0.2) is 37.3 Å². The summed E-state index contributed by atoms with van der Waals surface area (Å²) in [7, 11) is -3.37. The molecule has 3 rings (SSSR count). The van der Waals surface area contributed by atoms with Crippen molar-refractivity contribution in [1.29, 1.82) is 0 Å². The van der Waals surface area contributed by atoms with Gasteiger partial charge in [-0.2, -0.15) is 4.31 Å². The zero-order valence-corrected chi connectivity index (χ0v) is 14.8. The molecule has 0 amide bonds. The van der Waals surface area contributed by atoms with E-state index >= 15 is 0 Å². The lowest BCUT2D eigenvalue weighted by Gasteiger charge is -2.31. The van der Waals surface area contributed by atoms with Crippen molar-refractivity contribution in [2.24, 2.45) is 5.92 Å². The Morgan fingerprint density at radius 1 is 1.17 bits per heavy atom. The molecule has 2 aromatic rings. The molecule has 1 fully saturated rings. The summed E-state index contributed by atoms with van der Waals surface area (Å²) >= 11 is 5.87. The Hall–Kier alpha value is -1.63. The highest BCUT2D eigenvalue weighted by Crippen LogP contribution is 2.24. The van der Waals surface area contributed by atoms with E-state index in [1.807, 2.05) is 12.1 Å². The van der Waals surface area contributed by atoms with Gasteiger partial charge in [-0.25, -0.2) is 13.4 Å². The van der Waals surface area contributed by atoms with Crippen molar-refractivity contribution in [3.05, 3.63) is 53.8 Å². The predicted octanol–water partition coefficient (Wildman–Crippen LogP) is 3.25. The van der Waals surface area contributed by atoms with Crippen LogP contribution in [-0.2, 0) is 10.0 Å². The van der Waals surface area contributed by atoms with Crippen LogP contribution in [0.2, 0.25) is 5.15 Å². The van der Waals surface area contributed by atoms with Crippen LogP contribution in [0.15, 0.2) is 53.6 Å². The summed E-state index contributed by atoms with van der Waals surface area (Å²) in [6.07, 6.45) is 3.36. The van der Waals surface area contributed by atoms with E-state index in [2.05, 4.69) is 10.3 Å². The molecule has 1 N–H and O–H groups in total. The number of hydrogen-bond donors (Lipinski definition) is 1. The van der Waals surface area contributed by atoms with E-state index < -0.39 is 10.0 Å². The first kappa shape index (κ1) is 17.2. The molecule has 0 spiro atoms. The quantitative estimate of drug-likeness (QED) is 0.826. The van der Waals surface area contributed by atoms with E-state index in [-0.39, 0.29) is 0 Å². The van der Waals surface area contributed by atoms with Crippen LogP contribution in [0, 0.1) is 5.92 Å². The first-order chi connectivity index (χ1) is 11.6. The molecule has 1 aromatic carbocycles. The van der Waals surface area contributed by atoms with Gasteiger partial charge in [0.1, 0.15) is 5.15 Å². The van der Waals surface area contributed by atoms with Gasteiger partial charge in [0, 0.05) is 31.5 Å². The second-order valence-corrected chi connectivity index (χ2v) is 8.23. The fourth-order valence-electron chi connectivity index (χ4n) is 2.87. The van der Waals surface area contributed by atoms with E-state index in [4.69, 9.17) is 11.6 Å². The van der Waals surface area contributed by atoms with E-state index in [0.717, 1.165) is 25.1 Å². The Balaban J connectivity index is 1.54. The third kappa shape index (κ3) is 4.06. The summed E-state index contributed by atoms with van der Waals surface area (Å²) in [4.78, 5) is 4.32. The van der Waals surface area contributed by atoms with Gasteiger partial charge in [0.2, 0.25) is 10.0 Å². The maximum atomic E-state index is 12.6. The molecule has 1 aliphatic rings. The molecule has 0 radical (unpaired) electrons. The number of nitrogens with one attached hydrogen (secondary N) is 1. The number of anilines is 1. The van der Waals surface area contributed by atoms with Crippen molar-refractivity contribution in [3.63, 3.8) is 0 Å². The van der Waals surface area contributed by atoms with E-state index in [1.54, 1.807) is 40.8 Å². The van der Waals surface area contributed by atoms with E-state index in [0.29, 0.717) is 29.1 Å². The minimum Gasteiger partial charge on any atom is -0.385 e. The topological polar surface area (TPSA) is 62.3 Å². The van der Waals surface area contributed by atoms with Gasteiger partial charge in [-0.15, -0.1) is 0 Å². The van der Waals surface area contributed by atoms with E-state index in [1.165, 1.54) is 0 Å². The third-order valence-electron chi connectivity index (χ3n) is 4.28. The average Bonchev–Trinajstić information content (AvgIpc) is 2.61. The van der Waals surface area contributed by atoms with Crippen molar-refractivity contribution in [2.75, 3.05) is 25.0 Å². The fourth-order valence-corrected chi connectivity index (χ4v) is 4.53. The van der Waals surface area contributed by atoms with Crippen LogP contribution in [0.4, 0.5) is 5.69 Å². The molecule has 1 saturated heterocycles. The Kier molecular flexibility index (Phi) is 5.38. The smallest absolute Gasteiger partial charge is 0.243 e.